The number of hydrogen-bond donors (Lipinski definition) is 2. The number of hydrogen-bond acceptors (Lipinski definition) is 8. The number of pyridine rings is 1. The monoisotopic (exact) mass is 547 g/mol. The zero-order valence-electron chi connectivity index (χ0n) is 20.5. The van der Waals surface area contributed by atoms with Crippen LogP contribution in [0.15, 0.2) is 47.6 Å². The zero-order valence-corrected chi connectivity index (χ0v) is 22.1. The molecule has 0 radical (unpaired) electrons. The number of fused-ring (bicyclic) bond motifs is 1. The fraction of sp³-hybridized carbons (Fsp3) is 0.458. The first-order valence-corrected chi connectivity index (χ1v) is 15.2. The molecule has 198 valence electrons. The van der Waals surface area contributed by atoms with Gasteiger partial charge in [0.25, 0.3) is 10.0 Å². The normalized spacial score (nSPS) is 22.4. The van der Waals surface area contributed by atoms with Gasteiger partial charge in [-0.05, 0) is 56.7 Å². The van der Waals surface area contributed by atoms with Gasteiger partial charge >= 0.3 is 5.69 Å². The van der Waals surface area contributed by atoms with Gasteiger partial charge in [0.05, 0.1) is 20.5 Å². The van der Waals surface area contributed by atoms with Crippen LogP contribution in [0.2, 0.25) is 0 Å². The number of nitro groups is 1. The van der Waals surface area contributed by atoms with E-state index in [9.17, 15) is 26.9 Å². The average molecular weight is 548 g/mol. The number of aryl methyl sites for hydroxylation is 1. The highest BCUT2D eigenvalue weighted by molar-refractivity contribution is 7.90. The summed E-state index contributed by atoms with van der Waals surface area (Å²) in [6.07, 6.45) is 5.59. The molecular formula is C24H29N5O6S2. The van der Waals surface area contributed by atoms with Gasteiger partial charge in [0, 0.05) is 18.3 Å². The SMILES string of the molecule is CC[C@@H]1CC(NS(=O)(=O)C2CC2)C[C@@H]1Nc1c([N+](=O)[O-])cnc2c1ccn2S(=O)(=O)c1ccc(C)cc1. The van der Waals surface area contributed by atoms with Crippen LogP contribution in [0.4, 0.5) is 11.4 Å². The molecule has 2 fully saturated rings. The third-order valence-corrected chi connectivity index (χ3v) is 11.0. The summed E-state index contributed by atoms with van der Waals surface area (Å²) in [5.41, 5.74) is 0.902. The minimum Gasteiger partial charge on any atom is -0.376 e. The Kier molecular flexibility index (Phi) is 6.49. The first-order chi connectivity index (χ1) is 17.5. The summed E-state index contributed by atoms with van der Waals surface area (Å²) < 4.78 is 55.5. The number of nitrogens with one attached hydrogen (secondary N) is 2. The first-order valence-electron chi connectivity index (χ1n) is 12.3. The van der Waals surface area contributed by atoms with Crippen LogP contribution in [0.3, 0.4) is 0 Å². The van der Waals surface area contributed by atoms with Gasteiger partial charge in [0.1, 0.15) is 11.9 Å². The predicted molar refractivity (Wildman–Crippen MR) is 139 cm³/mol. The Morgan fingerprint density at radius 2 is 1.81 bits per heavy atom. The minimum atomic E-state index is -3.98. The fourth-order valence-corrected chi connectivity index (χ4v) is 8.01. The van der Waals surface area contributed by atoms with Crippen molar-refractivity contribution in [2.75, 3.05) is 5.32 Å². The largest absolute Gasteiger partial charge is 0.376 e. The van der Waals surface area contributed by atoms with E-state index in [4.69, 9.17) is 0 Å². The summed E-state index contributed by atoms with van der Waals surface area (Å²) in [7, 11) is -7.35. The third kappa shape index (κ3) is 4.82. The number of anilines is 1. The van der Waals surface area contributed by atoms with E-state index >= 15 is 0 Å². The molecular weight excluding hydrogens is 518 g/mol. The zero-order chi connectivity index (χ0) is 26.5. The molecule has 3 atom stereocenters. The molecule has 5 rings (SSSR count). The predicted octanol–water partition coefficient (Wildman–Crippen LogP) is 3.54. The number of benzene rings is 1. The summed E-state index contributed by atoms with van der Waals surface area (Å²) in [6, 6.07) is 7.41. The second kappa shape index (κ2) is 9.37. The summed E-state index contributed by atoms with van der Waals surface area (Å²) in [5.74, 6) is 0.0769. The summed E-state index contributed by atoms with van der Waals surface area (Å²) >= 11 is 0. The molecule has 2 heterocycles. The van der Waals surface area contributed by atoms with Crippen LogP contribution >= 0.6 is 0 Å². The Morgan fingerprint density at radius 1 is 1.11 bits per heavy atom. The maximum absolute atomic E-state index is 13.3. The van der Waals surface area contributed by atoms with Crippen molar-refractivity contribution in [3.8, 4) is 0 Å². The summed E-state index contributed by atoms with van der Waals surface area (Å²) in [6.45, 7) is 3.85. The lowest BCUT2D eigenvalue weighted by atomic mass is 10.00. The number of rotatable bonds is 9. The van der Waals surface area contributed by atoms with Crippen LogP contribution < -0.4 is 10.0 Å². The summed E-state index contributed by atoms with van der Waals surface area (Å²) in [5, 5.41) is 15.2. The molecule has 0 amide bonds. The molecule has 2 aliphatic carbocycles. The highest BCUT2D eigenvalue weighted by Gasteiger charge is 2.41. The van der Waals surface area contributed by atoms with Gasteiger partial charge in [0.15, 0.2) is 5.65 Å². The molecule has 2 N–H and O–H groups in total. The van der Waals surface area contributed by atoms with Crippen molar-refractivity contribution in [3.05, 3.63) is 58.4 Å². The van der Waals surface area contributed by atoms with Crippen molar-refractivity contribution >= 4 is 42.5 Å². The van der Waals surface area contributed by atoms with Crippen LogP contribution in [-0.4, -0.2) is 48.0 Å². The van der Waals surface area contributed by atoms with Gasteiger partial charge < -0.3 is 5.32 Å². The fourth-order valence-electron chi connectivity index (χ4n) is 5.10. The second-order valence-corrected chi connectivity index (χ2v) is 13.7. The lowest BCUT2D eigenvalue weighted by molar-refractivity contribution is -0.384. The molecule has 2 aromatic heterocycles. The highest BCUT2D eigenvalue weighted by atomic mass is 32.2. The van der Waals surface area contributed by atoms with Crippen molar-refractivity contribution in [1.82, 2.24) is 13.7 Å². The Labute approximate surface area is 215 Å². The van der Waals surface area contributed by atoms with Crippen LogP contribution in [0, 0.1) is 23.0 Å². The Bertz CT molecular complexity index is 1560. The molecule has 0 spiro atoms. The van der Waals surface area contributed by atoms with E-state index in [1.807, 2.05) is 13.8 Å². The molecule has 13 heteroatoms. The van der Waals surface area contributed by atoms with E-state index in [1.54, 1.807) is 12.1 Å². The van der Waals surface area contributed by atoms with Crippen LogP contribution in [-0.2, 0) is 20.0 Å². The van der Waals surface area contributed by atoms with Crippen molar-refractivity contribution < 1.29 is 21.8 Å². The topological polar surface area (TPSA) is 153 Å². The molecule has 37 heavy (non-hydrogen) atoms. The van der Waals surface area contributed by atoms with Gasteiger partial charge in [0.2, 0.25) is 10.0 Å². The molecule has 0 aliphatic heterocycles. The van der Waals surface area contributed by atoms with E-state index < -0.39 is 25.0 Å². The average Bonchev–Trinajstić information content (AvgIpc) is 3.51. The smallest absolute Gasteiger partial charge is 0.311 e. The van der Waals surface area contributed by atoms with E-state index in [0.717, 1.165) is 22.2 Å². The maximum atomic E-state index is 13.3. The number of nitrogens with zero attached hydrogens (tertiary/aromatic N) is 3. The van der Waals surface area contributed by atoms with Crippen LogP contribution in [0.25, 0.3) is 11.0 Å². The van der Waals surface area contributed by atoms with Crippen LogP contribution in [0.5, 0.6) is 0 Å². The van der Waals surface area contributed by atoms with Crippen molar-refractivity contribution in [2.24, 2.45) is 5.92 Å². The third-order valence-electron chi connectivity index (χ3n) is 7.28. The quantitative estimate of drug-likeness (QED) is 0.305. The van der Waals surface area contributed by atoms with Crippen molar-refractivity contribution in [1.29, 1.82) is 0 Å². The molecule has 0 bridgehead atoms. The molecule has 3 aromatic rings. The summed E-state index contributed by atoms with van der Waals surface area (Å²) in [4.78, 5) is 15.6. The number of sulfonamides is 1. The maximum Gasteiger partial charge on any atom is 0.311 e. The number of aromatic nitrogens is 2. The van der Waals surface area contributed by atoms with E-state index in [-0.39, 0.29) is 45.2 Å². The lowest BCUT2D eigenvalue weighted by Crippen LogP contribution is -2.36. The van der Waals surface area contributed by atoms with E-state index in [0.29, 0.717) is 31.1 Å². The Morgan fingerprint density at radius 3 is 2.43 bits per heavy atom. The minimum absolute atomic E-state index is 0.0747. The van der Waals surface area contributed by atoms with Gasteiger partial charge in [-0.2, -0.15) is 0 Å². The molecule has 1 aromatic carbocycles. The standard InChI is InChI=1S/C24H29N5O6S2/c1-3-16-12-17(27-36(32,33)18-8-9-18)13-21(16)26-23-20-10-11-28(24(20)25-14-22(23)29(30)31)37(34,35)19-6-4-15(2)5-7-19/h4-7,10-11,14,16-18,21,27H,3,8-9,12-13H2,1-2H3,(H,25,26)/t16-,17?,21+/m1/s1. The lowest BCUT2D eigenvalue weighted by Gasteiger charge is -2.21. The van der Waals surface area contributed by atoms with E-state index in [1.165, 1.54) is 24.4 Å². The highest BCUT2D eigenvalue weighted by Crippen LogP contribution is 2.39. The molecule has 0 saturated heterocycles. The van der Waals surface area contributed by atoms with E-state index in [2.05, 4.69) is 15.0 Å². The van der Waals surface area contributed by atoms with Crippen molar-refractivity contribution in [2.45, 2.75) is 68.2 Å². The Hall–Kier alpha value is -3.03. The van der Waals surface area contributed by atoms with Gasteiger partial charge in [-0.25, -0.2) is 30.5 Å². The van der Waals surface area contributed by atoms with Gasteiger partial charge in [-0.3, -0.25) is 10.1 Å². The van der Waals surface area contributed by atoms with Crippen LogP contribution in [0.1, 0.15) is 44.6 Å². The van der Waals surface area contributed by atoms with Gasteiger partial charge in [-0.15, -0.1) is 0 Å². The second-order valence-electron chi connectivity index (χ2n) is 9.89. The van der Waals surface area contributed by atoms with Crippen molar-refractivity contribution in [3.63, 3.8) is 0 Å². The first kappa shape index (κ1) is 25.6. The molecule has 2 aliphatic rings. The van der Waals surface area contributed by atoms with Gasteiger partial charge in [-0.1, -0.05) is 31.0 Å². The molecule has 11 nitrogen and oxygen atoms in total. The Balaban J connectivity index is 1.50. The molecule has 1 unspecified atom stereocenters. The molecule has 2 saturated carbocycles.